The number of hydrogen-bond donors (Lipinski definition) is 2. The number of nitrogens with zero attached hydrogens (tertiary/aromatic N) is 1. The number of hydrogen-bond acceptors (Lipinski definition) is 4. The molecular formula is C11H12N2OS. The van der Waals surface area contributed by atoms with E-state index in [9.17, 15) is 0 Å². The zero-order chi connectivity index (χ0) is 10.7. The molecule has 0 amide bonds. The maximum Gasteiger partial charge on any atom is 0.115 e. The molecule has 1 aromatic carbocycles. The van der Waals surface area contributed by atoms with E-state index in [-0.39, 0.29) is 5.75 Å². The van der Waals surface area contributed by atoms with Gasteiger partial charge in [-0.2, -0.15) is 0 Å². The molecule has 0 saturated carbocycles. The first kappa shape index (κ1) is 9.98. The highest BCUT2D eigenvalue weighted by atomic mass is 32.1. The minimum absolute atomic E-state index is 0.282. The van der Waals surface area contributed by atoms with Crippen LogP contribution in [0.15, 0.2) is 29.6 Å². The van der Waals surface area contributed by atoms with Crippen molar-refractivity contribution in [2.75, 3.05) is 5.32 Å². The van der Waals surface area contributed by atoms with Gasteiger partial charge >= 0.3 is 0 Å². The van der Waals surface area contributed by atoms with Crippen LogP contribution in [0.4, 0.5) is 5.69 Å². The zero-order valence-corrected chi connectivity index (χ0v) is 9.21. The molecule has 2 rings (SSSR count). The lowest BCUT2D eigenvalue weighted by molar-refractivity contribution is 0.475. The van der Waals surface area contributed by atoms with E-state index in [4.69, 9.17) is 5.11 Å². The Balaban J connectivity index is 1.96. The van der Waals surface area contributed by atoms with Crippen molar-refractivity contribution >= 4 is 17.0 Å². The quantitative estimate of drug-likeness (QED) is 0.782. The molecule has 0 radical (unpaired) electrons. The third-order valence-electron chi connectivity index (χ3n) is 2.01. The largest absolute Gasteiger partial charge is 0.508 e. The number of phenolic OH excluding ortho intramolecular Hbond substituents is 1. The van der Waals surface area contributed by atoms with Gasteiger partial charge in [-0.1, -0.05) is 0 Å². The van der Waals surface area contributed by atoms with E-state index in [0.717, 1.165) is 22.9 Å². The SMILES string of the molecule is Cc1nc(CNc2ccc(O)cc2)cs1. The van der Waals surface area contributed by atoms with Crippen LogP contribution in [-0.2, 0) is 6.54 Å². The Morgan fingerprint density at radius 1 is 1.33 bits per heavy atom. The number of thiazole rings is 1. The van der Waals surface area contributed by atoms with Crippen LogP contribution in [0.2, 0.25) is 0 Å². The molecule has 2 N–H and O–H groups in total. The van der Waals surface area contributed by atoms with Gasteiger partial charge in [0.15, 0.2) is 0 Å². The number of nitrogens with one attached hydrogen (secondary N) is 1. The summed E-state index contributed by atoms with van der Waals surface area (Å²) in [4.78, 5) is 4.35. The number of rotatable bonds is 3. The van der Waals surface area contributed by atoms with Crippen LogP contribution >= 0.6 is 11.3 Å². The van der Waals surface area contributed by atoms with Crippen molar-refractivity contribution in [2.45, 2.75) is 13.5 Å². The van der Waals surface area contributed by atoms with Gasteiger partial charge in [-0.15, -0.1) is 11.3 Å². The normalized spacial score (nSPS) is 10.2. The van der Waals surface area contributed by atoms with E-state index in [1.54, 1.807) is 23.5 Å². The standard InChI is InChI=1S/C11H12N2OS/c1-8-13-10(7-15-8)6-12-9-2-4-11(14)5-3-9/h2-5,7,12,14H,6H2,1H3. The molecule has 0 bridgehead atoms. The Hall–Kier alpha value is -1.55. The second-order valence-electron chi connectivity index (χ2n) is 3.26. The molecule has 0 unspecified atom stereocenters. The number of anilines is 1. The lowest BCUT2D eigenvalue weighted by atomic mass is 10.3. The van der Waals surface area contributed by atoms with Gasteiger partial charge in [-0.05, 0) is 31.2 Å². The molecule has 0 aliphatic carbocycles. The first-order chi connectivity index (χ1) is 7.24. The fourth-order valence-electron chi connectivity index (χ4n) is 1.26. The summed E-state index contributed by atoms with van der Waals surface area (Å²) in [7, 11) is 0. The second-order valence-corrected chi connectivity index (χ2v) is 4.32. The minimum atomic E-state index is 0.282. The number of aromatic hydroxyl groups is 1. The highest BCUT2D eigenvalue weighted by Crippen LogP contribution is 2.15. The average molecular weight is 220 g/mol. The lowest BCUT2D eigenvalue weighted by Gasteiger charge is -2.03. The number of phenols is 1. The van der Waals surface area contributed by atoms with Crippen molar-refractivity contribution in [2.24, 2.45) is 0 Å². The van der Waals surface area contributed by atoms with Gasteiger partial charge in [-0.25, -0.2) is 4.98 Å². The van der Waals surface area contributed by atoms with Crippen LogP contribution in [0.3, 0.4) is 0 Å². The fraction of sp³-hybridized carbons (Fsp3) is 0.182. The van der Waals surface area contributed by atoms with Crippen molar-refractivity contribution in [3.8, 4) is 5.75 Å². The van der Waals surface area contributed by atoms with Crippen LogP contribution in [-0.4, -0.2) is 10.1 Å². The van der Waals surface area contributed by atoms with E-state index in [2.05, 4.69) is 10.3 Å². The fourth-order valence-corrected chi connectivity index (χ4v) is 1.87. The van der Waals surface area contributed by atoms with Gasteiger partial charge in [0.2, 0.25) is 0 Å². The Morgan fingerprint density at radius 3 is 2.67 bits per heavy atom. The summed E-state index contributed by atoms with van der Waals surface area (Å²) in [5.74, 6) is 0.282. The monoisotopic (exact) mass is 220 g/mol. The molecule has 0 spiro atoms. The molecule has 0 saturated heterocycles. The van der Waals surface area contributed by atoms with Crippen LogP contribution < -0.4 is 5.32 Å². The second kappa shape index (κ2) is 4.31. The number of benzene rings is 1. The van der Waals surface area contributed by atoms with Crippen molar-refractivity contribution < 1.29 is 5.11 Å². The van der Waals surface area contributed by atoms with Crippen LogP contribution in [0.5, 0.6) is 5.75 Å². The minimum Gasteiger partial charge on any atom is -0.508 e. The van der Waals surface area contributed by atoms with Crippen LogP contribution in [0.25, 0.3) is 0 Å². The summed E-state index contributed by atoms with van der Waals surface area (Å²) in [6.07, 6.45) is 0. The number of aromatic nitrogens is 1. The summed E-state index contributed by atoms with van der Waals surface area (Å²) in [6, 6.07) is 7.01. The van der Waals surface area contributed by atoms with E-state index in [0.29, 0.717) is 0 Å². The number of aryl methyl sites for hydroxylation is 1. The Morgan fingerprint density at radius 2 is 2.07 bits per heavy atom. The molecule has 2 aromatic rings. The summed E-state index contributed by atoms with van der Waals surface area (Å²) in [5, 5.41) is 15.5. The maximum atomic E-state index is 9.11. The highest BCUT2D eigenvalue weighted by Gasteiger charge is 1.98. The van der Waals surface area contributed by atoms with Crippen molar-refractivity contribution in [1.29, 1.82) is 0 Å². The maximum absolute atomic E-state index is 9.11. The first-order valence-electron chi connectivity index (χ1n) is 4.68. The smallest absolute Gasteiger partial charge is 0.115 e. The van der Waals surface area contributed by atoms with E-state index >= 15 is 0 Å². The average Bonchev–Trinajstić information content (AvgIpc) is 2.64. The van der Waals surface area contributed by atoms with Gasteiger partial charge in [0.1, 0.15) is 5.75 Å². The topological polar surface area (TPSA) is 45.2 Å². The molecule has 4 heteroatoms. The first-order valence-corrected chi connectivity index (χ1v) is 5.56. The van der Waals surface area contributed by atoms with E-state index in [1.165, 1.54) is 0 Å². The van der Waals surface area contributed by atoms with Crippen molar-refractivity contribution in [1.82, 2.24) is 4.98 Å². The molecule has 15 heavy (non-hydrogen) atoms. The molecule has 0 atom stereocenters. The van der Waals surface area contributed by atoms with Crippen molar-refractivity contribution in [3.63, 3.8) is 0 Å². The molecule has 0 fully saturated rings. The molecular weight excluding hydrogens is 208 g/mol. The Bertz CT molecular complexity index is 436. The Kier molecular flexibility index (Phi) is 2.87. The van der Waals surface area contributed by atoms with Crippen molar-refractivity contribution in [3.05, 3.63) is 40.3 Å². The van der Waals surface area contributed by atoms with Gasteiger partial charge in [0.05, 0.1) is 17.2 Å². The summed E-state index contributed by atoms with van der Waals surface area (Å²) < 4.78 is 0. The predicted molar refractivity (Wildman–Crippen MR) is 62.3 cm³/mol. The molecule has 1 aromatic heterocycles. The highest BCUT2D eigenvalue weighted by molar-refractivity contribution is 7.09. The van der Waals surface area contributed by atoms with Gasteiger partial charge in [-0.3, -0.25) is 0 Å². The van der Waals surface area contributed by atoms with E-state index in [1.807, 2.05) is 24.4 Å². The molecule has 0 aliphatic rings. The Labute approximate surface area is 92.4 Å². The summed E-state index contributed by atoms with van der Waals surface area (Å²) in [6.45, 7) is 2.71. The van der Waals surface area contributed by atoms with Gasteiger partial charge in [0, 0.05) is 11.1 Å². The van der Waals surface area contributed by atoms with Crippen LogP contribution in [0.1, 0.15) is 10.7 Å². The molecule has 0 aliphatic heterocycles. The van der Waals surface area contributed by atoms with Crippen LogP contribution in [0, 0.1) is 6.92 Å². The van der Waals surface area contributed by atoms with E-state index < -0.39 is 0 Å². The lowest BCUT2D eigenvalue weighted by Crippen LogP contribution is -1.99. The molecule has 78 valence electrons. The predicted octanol–water partition coefficient (Wildman–Crippen LogP) is 2.77. The third kappa shape index (κ3) is 2.70. The molecule has 3 nitrogen and oxygen atoms in total. The summed E-state index contributed by atoms with van der Waals surface area (Å²) in [5.41, 5.74) is 2.03. The molecule has 1 heterocycles. The van der Waals surface area contributed by atoms with Gasteiger partial charge < -0.3 is 10.4 Å². The van der Waals surface area contributed by atoms with Gasteiger partial charge in [0.25, 0.3) is 0 Å². The summed E-state index contributed by atoms with van der Waals surface area (Å²) >= 11 is 1.65. The zero-order valence-electron chi connectivity index (χ0n) is 8.40. The third-order valence-corrected chi connectivity index (χ3v) is 2.83.